The Bertz CT molecular complexity index is 464. The van der Waals surface area contributed by atoms with Crippen molar-refractivity contribution < 1.29 is 9.59 Å². The number of hydrogen-bond donors (Lipinski definition) is 2. The number of hydrogen-bond acceptors (Lipinski definition) is 3. The van der Waals surface area contributed by atoms with Gasteiger partial charge < -0.3 is 5.73 Å². The van der Waals surface area contributed by atoms with E-state index in [1.54, 1.807) is 0 Å². The fourth-order valence-electron chi connectivity index (χ4n) is 1.10. The largest absolute Gasteiger partial charge is 0.361 e. The van der Waals surface area contributed by atoms with Crippen LogP contribution in [0.3, 0.4) is 0 Å². The molecule has 1 aromatic carbocycles. The summed E-state index contributed by atoms with van der Waals surface area (Å²) in [5, 5.41) is 3.59. The van der Waals surface area contributed by atoms with Gasteiger partial charge in [-0.15, -0.1) is 0 Å². The SMILES string of the molecule is CC(/C=N/NC(=O)C(N)=O)=C\c1ccccc1. The van der Waals surface area contributed by atoms with Gasteiger partial charge in [-0.3, -0.25) is 9.59 Å². The van der Waals surface area contributed by atoms with Crippen LogP contribution in [-0.4, -0.2) is 18.0 Å². The second-order valence-electron chi connectivity index (χ2n) is 3.36. The maximum atomic E-state index is 10.8. The Balaban J connectivity index is 2.58. The lowest BCUT2D eigenvalue weighted by molar-refractivity contribution is -0.137. The molecule has 0 aliphatic rings. The number of carbonyl (C=O) groups is 2. The third-order valence-electron chi connectivity index (χ3n) is 1.85. The molecule has 0 aliphatic carbocycles. The summed E-state index contributed by atoms with van der Waals surface area (Å²) in [4.78, 5) is 21.2. The van der Waals surface area contributed by atoms with Crippen molar-refractivity contribution in [2.24, 2.45) is 10.8 Å². The highest BCUT2D eigenvalue weighted by Gasteiger charge is 2.04. The van der Waals surface area contributed by atoms with Gasteiger partial charge in [0, 0.05) is 0 Å². The summed E-state index contributed by atoms with van der Waals surface area (Å²) < 4.78 is 0. The third kappa shape index (κ3) is 4.74. The van der Waals surface area contributed by atoms with E-state index < -0.39 is 11.8 Å². The molecule has 0 radical (unpaired) electrons. The fourth-order valence-corrected chi connectivity index (χ4v) is 1.10. The normalized spacial score (nSPS) is 11.5. The summed E-state index contributed by atoms with van der Waals surface area (Å²) >= 11 is 0. The summed E-state index contributed by atoms with van der Waals surface area (Å²) in [5.41, 5.74) is 8.61. The number of carbonyl (C=O) groups excluding carboxylic acids is 2. The van der Waals surface area contributed by atoms with Crippen LogP contribution < -0.4 is 11.2 Å². The van der Waals surface area contributed by atoms with Crippen LogP contribution in [0.1, 0.15) is 12.5 Å². The van der Waals surface area contributed by atoms with Gasteiger partial charge in [-0.2, -0.15) is 5.10 Å². The standard InChI is InChI=1S/C12H13N3O2/c1-9(7-10-5-3-2-4-6-10)8-14-15-12(17)11(13)16/h2-8H,1H3,(H2,13,16)(H,15,17)/b9-7+,14-8+. The summed E-state index contributed by atoms with van der Waals surface area (Å²) in [6, 6.07) is 9.66. The monoisotopic (exact) mass is 231 g/mol. The van der Waals surface area contributed by atoms with Crippen molar-refractivity contribution >= 4 is 24.1 Å². The molecular formula is C12H13N3O2. The molecule has 0 saturated carbocycles. The minimum atomic E-state index is -1.06. The van der Waals surface area contributed by atoms with E-state index in [-0.39, 0.29) is 0 Å². The van der Waals surface area contributed by atoms with E-state index in [0.717, 1.165) is 11.1 Å². The predicted octanol–water partition coefficient (Wildman–Crippen LogP) is 0.677. The zero-order valence-corrected chi connectivity index (χ0v) is 9.38. The van der Waals surface area contributed by atoms with Crippen LogP contribution in [0, 0.1) is 0 Å². The molecule has 1 rings (SSSR count). The van der Waals surface area contributed by atoms with Crippen LogP contribution in [0.25, 0.3) is 6.08 Å². The van der Waals surface area contributed by atoms with Crippen LogP contribution in [0.5, 0.6) is 0 Å². The second-order valence-corrected chi connectivity index (χ2v) is 3.36. The number of allylic oxidation sites excluding steroid dienone is 1. The van der Waals surface area contributed by atoms with E-state index in [2.05, 4.69) is 5.10 Å². The first-order valence-corrected chi connectivity index (χ1v) is 4.96. The van der Waals surface area contributed by atoms with Crippen LogP contribution >= 0.6 is 0 Å². The average Bonchev–Trinajstić information content (AvgIpc) is 2.30. The lowest BCUT2D eigenvalue weighted by Gasteiger charge is -1.95. The first-order valence-electron chi connectivity index (χ1n) is 4.96. The molecule has 88 valence electrons. The lowest BCUT2D eigenvalue weighted by Crippen LogP contribution is -2.32. The van der Waals surface area contributed by atoms with Crippen molar-refractivity contribution in [3.05, 3.63) is 41.5 Å². The number of amides is 2. The van der Waals surface area contributed by atoms with Gasteiger partial charge in [0.2, 0.25) is 0 Å². The number of nitrogens with zero attached hydrogens (tertiary/aromatic N) is 1. The van der Waals surface area contributed by atoms with E-state index in [1.165, 1.54) is 6.21 Å². The Kier molecular flexibility index (Phi) is 4.62. The molecule has 3 N–H and O–H groups in total. The molecule has 0 aliphatic heterocycles. The summed E-state index contributed by atoms with van der Waals surface area (Å²) in [5.74, 6) is -2.00. The van der Waals surface area contributed by atoms with Gasteiger partial charge >= 0.3 is 11.8 Å². The average molecular weight is 231 g/mol. The van der Waals surface area contributed by atoms with E-state index in [1.807, 2.05) is 48.8 Å². The van der Waals surface area contributed by atoms with E-state index in [0.29, 0.717) is 0 Å². The Morgan fingerprint density at radius 1 is 1.29 bits per heavy atom. The van der Waals surface area contributed by atoms with E-state index in [4.69, 9.17) is 5.73 Å². The van der Waals surface area contributed by atoms with Crippen molar-refractivity contribution in [1.29, 1.82) is 0 Å². The molecular weight excluding hydrogens is 218 g/mol. The van der Waals surface area contributed by atoms with Crippen molar-refractivity contribution in [2.45, 2.75) is 6.92 Å². The minimum Gasteiger partial charge on any atom is -0.361 e. The second kappa shape index (κ2) is 6.22. The fraction of sp³-hybridized carbons (Fsp3) is 0.0833. The smallest absolute Gasteiger partial charge is 0.329 e. The van der Waals surface area contributed by atoms with E-state index in [9.17, 15) is 9.59 Å². The molecule has 17 heavy (non-hydrogen) atoms. The van der Waals surface area contributed by atoms with Gasteiger partial charge in [-0.25, -0.2) is 5.43 Å². The molecule has 0 spiro atoms. The lowest BCUT2D eigenvalue weighted by atomic mass is 10.1. The molecule has 1 aromatic rings. The Labute approximate surface area is 99.0 Å². The van der Waals surface area contributed by atoms with Crippen LogP contribution in [0.15, 0.2) is 41.0 Å². The highest BCUT2D eigenvalue weighted by Crippen LogP contribution is 2.04. The summed E-state index contributed by atoms with van der Waals surface area (Å²) in [6.45, 7) is 1.83. The topological polar surface area (TPSA) is 84.6 Å². The molecule has 5 nitrogen and oxygen atoms in total. The quantitative estimate of drug-likeness (QED) is 0.455. The maximum Gasteiger partial charge on any atom is 0.329 e. The third-order valence-corrected chi connectivity index (χ3v) is 1.85. The Hall–Kier alpha value is -2.43. The highest BCUT2D eigenvalue weighted by molar-refractivity contribution is 6.34. The molecule has 2 amide bonds. The molecule has 0 heterocycles. The first kappa shape index (κ1) is 12.6. The maximum absolute atomic E-state index is 10.8. The summed E-state index contributed by atoms with van der Waals surface area (Å²) in [7, 11) is 0. The minimum absolute atomic E-state index is 0.834. The van der Waals surface area contributed by atoms with Gasteiger partial charge in [0.15, 0.2) is 0 Å². The van der Waals surface area contributed by atoms with Crippen molar-refractivity contribution in [2.75, 3.05) is 0 Å². The number of benzene rings is 1. The van der Waals surface area contributed by atoms with Crippen LogP contribution in [-0.2, 0) is 9.59 Å². The van der Waals surface area contributed by atoms with Gasteiger partial charge in [-0.05, 0) is 18.1 Å². The zero-order chi connectivity index (χ0) is 12.7. The molecule has 0 unspecified atom stereocenters. The predicted molar refractivity (Wildman–Crippen MR) is 65.9 cm³/mol. The Morgan fingerprint density at radius 3 is 2.53 bits per heavy atom. The van der Waals surface area contributed by atoms with Crippen LogP contribution in [0.4, 0.5) is 0 Å². The summed E-state index contributed by atoms with van der Waals surface area (Å²) in [6.07, 6.45) is 3.33. The molecule has 0 saturated heterocycles. The molecule has 0 fully saturated rings. The van der Waals surface area contributed by atoms with Gasteiger partial charge in [0.25, 0.3) is 0 Å². The molecule has 0 bridgehead atoms. The van der Waals surface area contributed by atoms with Gasteiger partial charge in [-0.1, -0.05) is 36.4 Å². The molecule has 0 aromatic heterocycles. The molecule has 0 atom stereocenters. The van der Waals surface area contributed by atoms with Crippen molar-refractivity contribution in [1.82, 2.24) is 5.43 Å². The number of nitrogens with two attached hydrogens (primary N) is 1. The number of primary amides is 1. The first-order chi connectivity index (χ1) is 8.09. The van der Waals surface area contributed by atoms with Crippen molar-refractivity contribution in [3.63, 3.8) is 0 Å². The van der Waals surface area contributed by atoms with Crippen molar-refractivity contribution in [3.8, 4) is 0 Å². The number of hydrazone groups is 1. The molecule has 5 heteroatoms. The number of rotatable bonds is 3. The number of nitrogens with one attached hydrogen (secondary N) is 1. The zero-order valence-electron chi connectivity index (χ0n) is 9.38. The highest BCUT2D eigenvalue weighted by atomic mass is 16.2. The van der Waals surface area contributed by atoms with Gasteiger partial charge in [0.05, 0.1) is 6.21 Å². The Morgan fingerprint density at radius 2 is 1.94 bits per heavy atom. The van der Waals surface area contributed by atoms with Gasteiger partial charge in [0.1, 0.15) is 0 Å². The van der Waals surface area contributed by atoms with E-state index >= 15 is 0 Å². The van der Waals surface area contributed by atoms with Crippen LogP contribution in [0.2, 0.25) is 0 Å².